The van der Waals surface area contributed by atoms with Crippen LogP contribution in [0.4, 0.5) is 5.95 Å². The van der Waals surface area contributed by atoms with Crippen molar-refractivity contribution in [2.45, 2.75) is 12.8 Å². The van der Waals surface area contributed by atoms with Gasteiger partial charge >= 0.3 is 0 Å². The number of nitrogens with zero attached hydrogens (tertiary/aromatic N) is 3. The van der Waals surface area contributed by atoms with Crippen LogP contribution in [0.2, 0.25) is 0 Å². The van der Waals surface area contributed by atoms with E-state index in [9.17, 15) is 0 Å². The zero-order chi connectivity index (χ0) is 16.6. The van der Waals surface area contributed by atoms with E-state index in [-0.39, 0.29) is 0 Å². The standard InChI is InChI=1S/C20H18N4/c21-13-10-19-12-15-23-20(24-19)22-14-11-16-6-8-18(9-7-16)17-4-2-1-3-5-17/h1-9,12,15H,10-11,14H2,(H,22,23,24). The Kier molecular flexibility index (Phi) is 5.16. The van der Waals surface area contributed by atoms with Gasteiger partial charge in [-0.25, -0.2) is 9.97 Å². The summed E-state index contributed by atoms with van der Waals surface area (Å²) in [6.07, 6.45) is 2.87. The number of rotatable bonds is 6. The monoisotopic (exact) mass is 314 g/mol. The second-order valence-corrected chi connectivity index (χ2v) is 5.45. The van der Waals surface area contributed by atoms with Crippen molar-refractivity contribution in [3.63, 3.8) is 0 Å². The minimum Gasteiger partial charge on any atom is -0.354 e. The van der Waals surface area contributed by atoms with Gasteiger partial charge in [-0.15, -0.1) is 0 Å². The Morgan fingerprint density at radius 3 is 2.42 bits per heavy atom. The van der Waals surface area contributed by atoms with Crippen molar-refractivity contribution in [1.82, 2.24) is 9.97 Å². The molecule has 0 aliphatic heterocycles. The Morgan fingerprint density at radius 2 is 1.67 bits per heavy atom. The molecular weight excluding hydrogens is 296 g/mol. The summed E-state index contributed by atoms with van der Waals surface area (Å²) in [5, 5.41) is 11.9. The molecule has 24 heavy (non-hydrogen) atoms. The highest BCUT2D eigenvalue weighted by molar-refractivity contribution is 5.63. The highest BCUT2D eigenvalue weighted by Gasteiger charge is 2.00. The Hall–Kier alpha value is -3.19. The molecule has 0 atom stereocenters. The second-order valence-electron chi connectivity index (χ2n) is 5.45. The van der Waals surface area contributed by atoms with E-state index in [0.717, 1.165) is 18.7 Å². The zero-order valence-corrected chi connectivity index (χ0v) is 13.3. The Labute approximate surface area is 141 Å². The summed E-state index contributed by atoms with van der Waals surface area (Å²) in [7, 11) is 0. The predicted octanol–water partition coefficient (Wildman–Crippen LogP) is 3.86. The first-order valence-electron chi connectivity index (χ1n) is 7.92. The molecule has 3 aromatic rings. The highest BCUT2D eigenvalue weighted by Crippen LogP contribution is 2.19. The fourth-order valence-corrected chi connectivity index (χ4v) is 2.47. The Balaban J connectivity index is 1.56. The SMILES string of the molecule is N#CCc1ccnc(NCCc2ccc(-c3ccccc3)cc2)n1. The summed E-state index contributed by atoms with van der Waals surface area (Å²) in [6, 6.07) is 22.8. The molecule has 0 unspecified atom stereocenters. The van der Waals surface area contributed by atoms with Crippen LogP contribution in [0.1, 0.15) is 11.3 Å². The van der Waals surface area contributed by atoms with Crippen LogP contribution in [-0.4, -0.2) is 16.5 Å². The van der Waals surface area contributed by atoms with Gasteiger partial charge in [0.25, 0.3) is 0 Å². The predicted molar refractivity (Wildman–Crippen MR) is 95.4 cm³/mol. The number of aromatic nitrogens is 2. The normalized spacial score (nSPS) is 10.1. The first kappa shape index (κ1) is 15.7. The van der Waals surface area contributed by atoms with Gasteiger partial charge in [-0.2, -0.15) is 5.26 Å². The third kappa shape index (κ3) is 4.17. The van der Waals surface area contributed by atoms with Gasteiger partial charge < -0.3 is 5.32 Å². The number of nitriles is 1. The Morgan fingerprint density at radius 1 is 0.917 bits per heavy atom. The van der Waals surface area contributed by atoms with Crippen molar-refractivity contribution < 1.29 is 0 Å². The molecule has 0 amide bonds. The van der Waals surface area contributed by atoms with Crippen molar-refractivity contribution in [3.8, 4) is 17.2 Å². The average molecular weight is 314 g/mol. The molecule has 4 nitrogen and oxygen atoms in total. The summed E-state index contributed by atoms with van der Waals surface area (Å²) in [6.45, 7) is 0.751. The van der Waals surface area contributed by atoms with Crippen LogP contribution >= 0.6 is 0 Å². The van der Waals surface area contributed by atoms with E-state index >= 15 is 0 Å². The molecule has 0 saturated carbocycles. The van der Waals surface area contributed by atoms with Gasteiger partial charge in [0.1, 0.15) is 0 Å². The minimum absolute atomic E-state index is 0.304. The second kappa shape index (κ2) is 7.89. The lowest BCUT2D eigenvalue weighted by Crippen LogP contribution is -2.08. The van der Waals surface area contributed by atoms with E-state index in [1.807, 2.05) is 18.2 Å². The van der Waals surface area contributed by atoms with Crippen LogP contribution in [0.5, 0.6) is 0 Å². The molecule has 118 valence electrons. The number of hydrogen-bond donors (Lipinski definition) is 1. The topological polar surface area (TPSA) is 61.6 Å². The summed E-state index contributed by atoms with van der Waals surface area (Å²) in [5.41, 5.74) is 4.45. The maximum absolute atomic E-state index is 8.71. The number of hydrogen-bond acceptors (Lipinski definition) is 4. The first-order chi connectivity index (χ1) is 11.8. The van der Waals surface area contributed by atoms with Gasteiger partial charge in [-0.05, 0) is 29.2 Å². The largest absolute Gasteiger partial charge is 0.354 e. The molecule has 3 rings (SSSR count). The van der Waals surface area contributed by atoms with Crippen LogP contribution in [-0.2, 0) is 12.8 Å². The molecule has 2 aromatic carbocycles. The molecule has 0 aliphatic carbocycles. The van der Waals surface area contributed by atoms with Crippen LogP contribution < -0.4 is 5.32 Å². The summed E-state index contributed by atoms with van der Waals surface area (Å²) in [4.78, 5) is 8.48. The van der Waals surface area contributed by atoms with E-state index in [1.54, 1.807) is 12.3 Å². The molecule has 0 spiro atoms. The summed E-state index contributed by atoms with van der Waals surface area (Å²) >= 11 is 0. The highest BCUT2D eigenvalue weighted by atomic mass is 15.1. The third-order valence-corrected chi connectivity index (χ3v) is 3.73. The van der Waals surface area contributed by atoms with Crippen molar-refractivity contribution >= 4 is 5.95 Å². The van der Waals surface area contributed by atoms with Crippen molar-refractivity contribution in [2.75, 3.05) is 11.9 Å². The maximum Gasteiger partial charge on any atom is 0.222 e. The van der Waals surface area contributed by atoms with Gasteiger partial charge in [0.05, 0.1) is 18.2 Å². The van der Waals surface area contributed by atoms with E-state index in [1.165, 1.54) is 16.7 Å². The van der Waals surface area contributed by atoms with E-state index < -0.39 is 0 Å². The van der Waals surface area contributed by atoms with E-state index in [2.05, 4.69) is 57.8 Å². The number of nitrogens with one attached hydrogen (secondary N) is 1. The summed E-state index contributed by atoms with van der Waals surface area (Å²) < 4.78 is 0. The number of benzene rings is 2. The molecule has 0 radical (unpaired) electrons. The van der Waals surface area contributed by atoms with E-state index in [0.29, 0.717) is 12.4 Å². The quantitative estimate of drug-likeness (QED) is 0.750. The van der Waals surface area contributed by atoms with Gasteiger partial charge in [0.2, 0.25) is 5.95 Å². The van der Waals surface area contributed by atoms with Gasteiger partial charge in [0.15, 0.2) is 0 Å². The molecule has 4 heteroatoms. The van der Waals surface area contributed by atoms with Gasteiger partial charge in [0, 0.05) is 12.7 Å². The molecule has 0 fully saturated rings. The van der Waals surface area contributed by atoms with E-state index in [4.69, 9.17) is 5.26 Å². The van der Waals surface area contributed by atoms with Gasteiger partial charge in [-0.1, -0.05) is 54.6 Å². The molecule has 1 aromatic heterocycles. The van der Waals surface area contributed by atoms with Crippen LogP contribution in [0, 0.1) is 11.3 Å². The van der Waals surface area contributed by atoms with Crippen molar-refractivity contribution in [1.29, 1.82) is 5.26 Å². The first-order valence-corrected chi connectivity index (χ1v) is 7.92. The zero-order valence-electron chi connectivity index (χ0n) is 13.3. The number of anilines is 1. The summed E-state index contributed by atoms with van der Waals surface area (Å²) in [5.74, 6) is 0.573. The maximum atomic E-state index is 8.71. The van der Waals surface area contributed by atoms with Crippen LogP contribution in [0.3, 0.4) is 0 Å². The lowest BCUT2D eigenvalue weighted by Gasteiger charge is -2.07. The molecule has 0 bridgehead atoms. The molecule has 0 saturated heterocycles. The molecule has 1 N–H and O–H groups in total. The molecule has 0 aliphatic rings. The van der Waals surface area contributed by atoms with Crippen LogP contribution in [0.25, 0.3) is 11.1 Å². The smallest absolute Gasteiger partial charge is 0.222 e. The third-order valence-electron chi connectivity index (χ3n) is 3.73. The lowest BCUT2D eigenvalue weighted by molar-refractivity contribution is 0.966. The van der Waals surface area contributed by atoms with Crippen molar-refractivity contribution in [3.05, 3.63) is 78.1 Å². The fraction of sp³-hybridized carbons (Fsp3) is 0.150. The average Bonchev–Trinajstić information content (AvgIpc) is 2.64. The van der Waals surface area contributed by atoms with Crippen molar-refractivity contribution in [2.24, 2.45) is 0 Å². The Bertz CT molecular complexity index is 820. The molecule has 1 heterocycles. The van der Waals surface area contributed by atoms with Gasteiger partial charge in [-0.3, -0.25) is 0 Å². The minimum atomic E-state index is 0.304. The lowest BCUT2D eigenvalue weighted by atomic mass is 10.0. The molecular formula is C20H18N4. The fourth-order valence-electron chi connectivity index (χ4n) is 2.47. The van der Waals surface area contributed by atoms with Crippen LogP contribution in [0.15, 0.2) is 66.9 Å².